The molecule has 0 radical (unpaired) electrons. The lowest BCUT2D eigenvalue weighted by atomic mass is 10.1. The van der Waals surface area contributed by atoms with Crippen LogP contribution >= 0.6 is 23.1 Å². The maximum Gasteiger partial charge on any atom is 0.109 e. The number of nitrogens with one attached hydrogen (secondary N) is 1. The second kappa shape index (κ2) is 6.21. The minimum absolute atomic E-state index is 0.395. The number of thioether (sulfide) groups is 1. The van der Waals surface area contributed by atoms with Gasteiger partial charge in [0.15, 0.2) is 0 Å². The van der Waals surface area contributed by atoms with Crippen LogP contribution in [0, 0.1) is 0 Å². The highest BCUT2D eigenvalue weighted by Crippen LogP contribution is 2.28. The van der Waals surface area contributed by atoms with Gasteiger partial charge in [-0.3, -0.25) is 0 Å². The Morgan fingerprint density at radius 2 is 2.41 bits per heavy atom. The van der Waals surface area contributed by atoms with Crippen molar-refractivity contribution in [2.75, 3.05) is 5.75 Å². The Morgan fingerprint density at radius 3 is 3.06 bits per heavy atom. The fraction of sp³-hybridized carbons (Fsp3) is 0.769. The van der Waals surface area contributed by atoms with Crippen LogP contribution in [-0.2, 0) is 6.42 Å². The third kappa shape index (κ3) is 3.46. The minimum Gasteiger partial charge on any atom is -0.304 e. The SMILES string of the molecule is CCc1cnc(C(C)NC2CCCSC2C)s1. The number of hydrogen-bond donors (Lipinski definition) is 1. The number of nitrogens with zero attached hydrogens (tertiary/aromatic N) is 1. The van der Waals surface area contributed by atoms with Crippen molar-refractivity contribution in [3.05, 3.63) is 16.1 Å². The molecule has 1 aliphatic rings. The van der Waals surface area contributed by atoms with E-state index in [-0.39, 0.29) is 0 Å². The van der Waals surface area contributed by atoms with Gasteiger partial charge in [-0.15, -0.1) is 11.3 Å². The highest BCUT2D eigenvalue weighted by atomic mass is 32.2. The zero-order valence-corrected chi connectivity index (χ0v) is 12.5. The Balaban J connectivity index is 1.93. The summed E-state index contributed by atoms with van der Waals surface area (Å²) in [4.78, 5) is 5.92. The number of hydrogen-bond acceptors (Lipinski definition) is 4. The van der Waals surface area contributed by atoms with Gasteiger partial charge in [-0.05, 0) is 31.9 Å². The smallest absolute Gasteiger partial charge is 0.109 e. The van der Waals surface area contributed by atoms with E-state index in [1.54, 1.807) is 0 Å². The summed E-state index contributed by atoms with van der Waals surface area (Å²) in [5.74, 6) is 1.32. The van der Waals surface area contributed by atoms with Crippen LogP contribution in [0.2, 0.25) is 0 Å². The zero-order chi connectivity index (χ0) is 12.3. The van der Waals surface area contributed by atoms with Crippen molar-refractivity contribution in [3.8, 4) is 0 Å². The van der Waals surface area contributed by atoms with Crippen molar-refractivity contribution in [1.82, 2.24) is 10.3 Å². The van der Waals surface area contributed by atoms with Gasteiger partial charge in [-0.25, -0.2) is 4.98 Å². The summed E-state index contributed by atoms with van der Waals surface area (Å²) in [5.41, 5.74) is 0. The fourth-order valence-corrected chi connectivity index (χ4v) is 4.24. The quantitative estimate of drug-likeness (QED) is 0.904. The number of aryl methyl sites for hydroxylation is 1. The van der Waals surface area contributed by atoms with Crippen LogP contribution in [0.1, 0.15) is 49.5 Å². The zero-order valence-electron chi connectivity index (χ0n) is 10.9. The molecule has 1 aromatic heterocycles. The molecule has 1 fully saturated rings. The molecule has 0 saturated carbocycles. The lowest BCUT2D eigenvalue weighted by Gasteiger charge is -2.31. The predicted molar refractivity (Wildman–Crippen MR) is 78.0 cm³/mol. The van der Waals surface area contributed by atoms with Crippen molar-refractivity contribution >= 4 is 23.1 Å². The van der Waals surface area contributed by atoms with Crippen LogP contribution in [0.4, 0.5) is 0 Å². The minimum atomic E-state index is 0.395. The molecule has 2 nitrogen and oxygen atoms in total. The molecule has 1 N–H and O–H groups in total. The van der Waals surface area contributed by atoms with Crippen LogP contribution in [-0.4, -0.2) is 22.0 Å². The van der Waals surface area contributed by atoms with Crippen molar-refractivity contribution < 1.29 is 0 Å². The van der Waals surface area contributed by atoms with Gasteiger partial charge in [0, 0.05) is 22.4 Å². The molecule has 4 heteroatoms. The third-order valence-electron chi connectivity index (χ3n) is 3.36. The van der Waals surface area contributed by atoms with E-state index in [2.05, 4.69) is 42.8 Å². The first kappa shape index (κ1) is 13.4. The molecule has 0 aromatic carbocycles. The van der Waals surface area contributed by atoms with Gasteiger partial charge in [-0.1, -0.05) is 13.8 Å². The van der Waals surface area contributed by atoms with Gasteiger partial charge >= 0.3 is 0 Å². The topological polar surface area (TPSA) is 24.9 Å². The van der Waals surface area contributed by atoms with E-state index >= 15 is 0 Å². The van der Waals surface area contributed by atoms with E-state index in [1.165, 1.54) is 28.5 Å². The predicted octanol–water partition coefficient (Wildman–Crippen LogP) is 3.64. The summed E-state index contributed by atoms with van der Waals surface area (Å²) < 4.78 is 0. The van der Waals surface area contributed by atoms with Crippen LogP contribution in [0.3, 0.4) is 0 Å². The highest BCUT2D eigenvalue weighted by Gasteiger charge is 2.24. The molecule has 2 rings (SSSR count). The average Bonchev–Trinajstić information content (AvgIpc) is 2.81. The van der Waals surface area contributed by atoms with Crippen molar-refractivity contribution in [2.24, 2.45) is 0 Å². The first-order valence-corrected chi connectivity index (χ1v) is 8.39. The largest absolute Gasteiger partial charge is 0.304 e. The maximum absolute atomic E-state index is 4.53. The lowest BCUT2D eigenvalue weighted by Crippen LogP contribution is -2.40. The summed E-state index contributed by atoms with van der Waals surface area (Å²) in [6.45, 7) is 6.77. The summed E-state index contributed by atoms with van der Waals surface area (Å²) in [6.07, 6.45) is 5.78. The number of aromatic nitrogens is 1. The van der Waals surface area contributed by atoms with Crippen molar-refractivity contribution in [1.29, 1.82) is 0 Å². The maximum atomic E-state index is 4.53. The Bertz CT molecular complexity index is 351. The molecule has 0 bridgehead atoms. The highest BCUT2D eigenvalue weighted by molar-refractivity contribution is 7.99. The van der Waals surface area contributed by atoms with Gasteiger partial charge in [-0.2, -0.15) is 11.8 Å². The molecular formula is C13H22N2S2. The first-order valence-electron chi connectivity index (χ1n) is 6.53. The summed E-state index contributed by atoms with van der Waals surface area (Å²) in [7, 11) is 0. The standard InChI is InChI=1S/C13H22N2S2/c1-4-11-8-14-13(17-11)9(2)15-12-6-5-7-16-10(12)3/h8-10,12,15H,4-7H2,1-3H3. The molecular weight excluding hydrogens is 248 g/mol. The number of rotatable bonds is 4. The molecule has 0 spiro atoms. The lowest BCUT2D eigenvalue weighted by molar-refractivity contribution is 0.416. The monoisotopic (exact) mass is 270 g/mol. The van der Waals surface area contributed by atoms with Crippen LogP contribution < -0.4 is 5.32 Å². The van der Waals surface area contributed by atoms with Gasteiger partial charge < -0.3 is 5.32 Å². The Kier molecular flexibility index (Phi) is 4.88. The second-order valence-electron chi connectivity index (χ2n) is 4.73. The van der Waals surface area contributed by atoms with Gasteiger partial charge in [0.05, 0.1) is 6.04 Å². The molecule has 0 aliphatic carbocycles. The van der Waals surface area contributed by atoms with Crippen molar-refractivity contribution in [2.45, 2.75) is 57.4 Å². The molecule has 1 saturated heterocycles. The normalized spacial score (nSPS) is 27.0. The molecule has 3 unspecified atom stereocenters. The van der Waals surface area contributed by atoms with E-state index in [0.29, 0.717) is 12.1 Å². The Hall–Kier alpha value is -0.0600. The number of thiazole rings is 1. The van der Waals surface area contributed by atoms with E-state index < -0.39 is 0 Å². The van der Waals surface area contributed by atoms with E-state index in [4.69, 9.17) is 0 Å². The van der Waals surface area contributed by atoms with E-state index in [9.17, 15) is 0 Å². The van der Waals surface area contributed by atoms with Gasteiger partial charge in [0.1, 0.15) is 5.01 Å². The molecule has 96 valence electrons. The van der Waals surface area contributed by atoms with Crippen molar-refractivity contribution in [3.63, 3.8) is 0 Å². The Morgan fingerprint density at radius 1 is 1.59 bits per heavy atom. The van der Waals surface area contributed by atoms with Gasteiger partial charge in [0.25, 0.3) is 0 Å². The van der Waals surface area contributed by atoms with Crippen LogP contribution in [0.25, 0.3) is 0 Å². The molecule has 1 aromatic rings. The molecule has 17 heavy (non-hydrogen) atoms. The fourth-order valence-electron chi connectivity index (χ4n) is 2.22. The molecule has 1 aliphatic heterocycles. The van der Waals surface area contributed by atoms with Gasteiger partial charge in [0.2, 0.25) is 0 Å². The first-order chi connectivity index (χ1) is 8.20. The average molecular weight is 270 g/mol. The van der Waals surface area contributed by atoms with Crippen LogP contribution in [0.15, 0.2) is 6.20 Å². The Labute approximate surface area is 113 Å². The molecule has 0 amide bonds. The molecule has 2 heterocycles. The summed E-state index contributed by atoms with van der Waals surface area (Å²) in [5, 5.41) is 5.72. The third-order valence-corrected chi connectivity index (χ3v) is 6.06. The van der Waals surface area contributed by atoms with E-state index in [1.807, 2.05) is 17.5 Å². The van der Waals surface area contributed by atoms with E-state index in [0.717, 1.165) is 11.7 Å². The summed E-state index contributed by atoms with van der Waals surface area (Å²) in [6, 6.07) is 1.05. The van der Waals surface area contributed by atoms with Crippen LogP contribution in [0.5, 0.6) is 0 Å². The second-order valence-corrected chi connectivity index (χ2v) is 7.36. The molecule has 3 atom stereocenters. The summed E-state index contributed by atoms with van der Waals surface area (Å²) >= 11 is 3.94.